The zero-order chi connectivity index (χ0) is 16.3. The van der Waals surface area contributed by atoms with Crippen LogP contribution in [0.3, 0.4) is 0 Å². The van der Waals surface area contributed by atoms with Crippen molar-refractivity contribution in [3.63, 3.8) is 0 Å². The molecule has 0 bridgehead atoms. The number of fused-ring (bicyclic) bond motifs is 4. The Bertz CT molecular complexity index is 1230. The van der Waals surface area contributed by atoms with Crippen LogP contribution in [0.25, 0.3) is 38.4 Å². The highest BCUT2D eigenvalue weighted by Crippen LogP contribution is 2.30. The number of hydrogen-bond donors (Lipinski definition) is 0. The summed E-state index contributed by atoms with van der Waals surface area (Å²) in [4.78, 5) is 23.7. The molecule has 24 heavy (non-hydrogen) atoms. The molecule has 0 amide bonds. The fraction of sp³-hybridized carbons (Fsp3) is 0. The first-order chi connectivity index (χ1) is 11.7. The van der Waals surface area contributed by atoms with Crippen molar-refractivity contribution in [1.29, 1.82) is 0 Å². The Morgan fingerprint density at radius 2 is 1.08 bits per heavy atom. The van der Waals surface area contributed by atoms with Crippen LogP contribution in [0.5, 0.6) is 0 Å². The van der Waals surface area contributed by atoms with E-state index in [1.165, 1.54) is 22.2 Å². The van der Waals surface area contributed by atoms with Crippen molar-refractivity contribution in [3.8, 4) is 0 Å². The van der Waals surface area contributed by atoms with Crippen molar-refractivity contribution in [2.24, 2.45) is 0 Å². The number of rotatable bonds is 0. The molecule has 0 fully saturated rings. The monoisotopic (exact) mass is 308 g/mol. The molecule has 0 atom stereocenters. The third-order valence-electron chi connectivity index (χ3n) is 4.71. The number of benzene rings is 4. The molecule has 112 valence electrons. The number of Topliss-reactive ketones (excluding diaryl/α,β-unsaturated/α-hetero) is 1. The Labute approximate surface area is 138 Å². The summed E-state index contributed by atoms with van der Waals surface area (Å²) in [6.07, 6.45) is 3.08. The predicted octanol–water partition coefficient (Wildman–Crippen LogP) is 4.92. The molecule has 4 aromatic rings. The number of allylic oxidation sites excluding steroid dienone is 1. The third-order valence-corrected chi connectivity index (χ3v) is 4.71. The Balaban J connectivity index is 1.86. The molecule has 0 unspecified atom stereocenters. The topological polar surface area (TPSA) is 34.1 Å². The van der Waals surface area contributed by atoms with Gasteiger partial charge in [-0.2, -0.15) is 0 Å². The number of hydrogen-bond acceptors (Lipinski definition) is 2. The van der Waals surface area contributed by atoms with Crippen molar-refractivity contribution in [2.45, 2.75) is 0 Å². The van der Waals surface area contributed by atoms with Crippen molar-refractivity contribution < 1.29 is 9.59 Å². The van der Waals surface area contributed by atoms with Crippen molar-refractivity contribution in [2.75, 3.05) is 0 Å². The smallest absolute Gasteiger partial charge is 0.233 e. The van der Waals surface area contributed by atoms with Gasteiger partial charge in [0, 0.05) is 5.56 Å². The van der Waals surface area contributed by atoms with E-state index in [-0.39, 0.29) is 0 Å². The molecule has 1 aliphatic carbocycles. The van der Waals surface area contributed by atoms with E-state index in [0.29, 0.717) is 5.56 Å². The zero-order valence-corrected chi connectivity index (χ0v) is 12.7. The van der Waals surface area contributed by atoms with Gasteiger partial charge in [-0.1, -0.05) is 30.3 Å². The molecule has 1 aliphatic rings. The summed E-state index contributed by atoms with van der Waals surface area (Å²) in [7, 11) is 0. The van der Waals surface area contributed by atoms with E-state index in [0.717, 1.165) is 21.7 Å². The molecule has 0 aliphatic heterocycles. The van der Waals surface area contributed by atoms with Crippen LogP contribution < -0.4 is 0 Å². The first-order valence-electron chi connectivity index (χ1n) is 7.86. The first-order valence-corrected chi connectivity index (χ1v) is 7.86. The summed E-state index contributed by atoms with van der Waals surface area (Å²) in [5.41, 5.74) is 1.31. The van der Waals surface area contributed by atoms with E-state index in [9.17, 15) is 9.59 Å². The Kier molecular flexibility index (Phi) is 2.54. The number of carbonyl (C=O) groups excluding carboxylic acids is 2. The van der Waals surface area contributed by atoms with E-state index in [4.69, 9.17) is 0 Å². The maximum atomic E-state index is 12.1. The minimum Gasteiger partial charge on any atom is -0.286 e. The lowest BCUT2D eigenvalue weighted by Gasteiger charge is -2.11. The van der Waals surface area contributed by atoms with Crippen LogP contribution in [0.15, 0.2) is 66.7 Å². The van der Waals surface area contributed by atoms with Gasteiger partial charge in [0.25, 0.3) is 0 Å². The molecule has 2 nitrogen and oxygen atoms in total. The molecular weight excluding hydrogens is 296 g/mol. The van der Waals surface area contributed by atoms with E-state index >= 15 is 0 Å². The Hall–Kier alpha value is -3.26. The fourth-order valence-corrected chi connectivity index (χ4v) is 3.47. The van der Waals surface area contributed by atoms with Crippen LogP contribution in [0.4, 0.5) is 0 Å². The second-order valence-corrected chi connectivity index (χ2v) is 6.21. The van der Waals surface area contributed by atoms with Crippen LogP contribution in [0.1, 0.15) is 15.9 Å². The second kappa shape index (κ2) is 4.62. The highest BCUT2D eigenvalue weighted by atomic mass is 16.2. The lowest BCUT2D eigenvalue weighted by atomic mass is 9.91. The van der Waals surface area contributed by atoms with Gasteiger partial charge in [-0.15, -0.1) is 0 Å². The molecule has 5 rings (SSSR count). The first kappa shape index (κ1) is 13.2. The SMILES string of the molecule is O=C1C=Cc2cc3cc4cc5ccccc5cc4cc3cc2C1=O. The fourth-order valence-electron chi connectivity index (χ4n) is 3.47. The molecule has 2 heteroatoms. The van der Waals surface area contributed by atoms with Gasteiger partial charge in [-0.05, 0) is 80.4 Å². The maximum absolute atomic E-state index is 12.1. The average molecular weight is 308 g/mol. The summed E-state index contributed by atoms with van der Waals surface area (Å²) in [6.45, 7) is 0. The highest BCUT2D eigenvalue weighted by Gasteiger charge is 2.21. The molecule has 4 aromatic carbocycles. The summed E-state index contributed by atoms with van der Waals surface area (Å²) < 4.78 is 0. The Morgan fingerprint density at radius 3 is 1.75 bits per heavy atom. The summed E-state index contributed by atoms with van der Waals surface area (Å²) in [5, 5.41) is 6.76. The van der Waals surface area contributed by atoms with Crippen LogP contribution in [-0.4, -0.2) is 11.6 Å². The minimum atomic E-state index is -0.450. The lowest BCUT2D eigenvalue weighted by molar-refractivity contribution is -0.110. The van der Waals surface area contributed by atoms with Gasteiger partial charge in [0.15, 0.2) is 0 Å². The number of ketones is 2. The second-order valence-electron chi connectivity index (χ2n) is 6.21. The van der Waals surface area contributed by atoms with Crippen molar-refractivity contribution >= 4 is 50.0 Å². The highest BCUT2D eigenvalue weighted by molar-refractivity contribution is 6.50. The van der Waals surface area contributed by atoms with Crippen LogP contribution in [0.2, 0.25) is 0 Å². The molecular formula is C22H12O2. The lowest BCUT2D eigenvalue weighted by Crippen LogP contribution is -2.15. The van der Waals surface area contributed by atoms with Crippen molar-refractivity contribution in [3.05, 3.63) is 77.9 Å². The molecule has 0 aromatic heterocycles. The van der Waals surface area contributed by atoms with Crippen molar-refractivity contribution in [1.82, 2.24) is 0 Å². The van der Waals surface area contributed by atoms with E-state index < -0.39 is 11.6 Å². The van der Waals surface area contributed by atoms with Crippen LogP contribution >= 0.6 is 0 Å². The average Bonchev–Trinajstić information content (AvgIpc) is 2.60. The van der Waals surface area contributed by atoms with E-state index in [1.54, 1.807) is 6.08 Å². The summed E-state index contributed by atoms with van der Waals surface area (Å²) in [6, 6.07) is 20.7. The van der Waals surface area contributed by atoms with Gasteiger partial charge < -0.3 is 0 Å². The van der Waals surface area contributed by atoms with Gasteiger partial charge in [0.05, 0.1) is 0 Å². The molecule has 0 N–H and O–H groups in total. The minimum absolute atomic E-state index is 0.423. The summed E-state index contributed by atoms with van der Waals surface area (Å²) >= 11 is 0. The van der Waals surface area contributed by atoms with Gasteiger partial charge in [0.1, 0.15) is 0 Å². The standard InChI is InChI=1S/C22H12O2/c23-21-6-5-15-9-18-10-16-7-13-3-1-2-4-14(13)8-17(16)11-19(18)12-20(15)22(21)24/h1-12H. The van der Waals surface area contributed by atoms with Gasteiger partial charge in [-0.25, -0.2) is 0 Å². The summed E-state index contributed by atoms with van der Waals surface area (Å²) in [5.74, 6) is -0.873. The molecule has 0 saturated carbocycles. The predicted molar refractivity (Wildman–Crippen MR) is 97.3 cm³/mol. The largest absolute Gasteiger partial charge is 0.286 e. The molecule has 0 saturated heterocycles. The van der Waals surface area contributed by atoms with Crippen LogP contribution in [-0.2, 0) is 4.79 Å². The van der Waals surface area contributed by atoms with Gasteiger partial charge in [0.2, 0.25) is 11.6 Å². The molecule has 0 spiro atoms. The van der Waals surface area contributed by atoms with Gasteiger partial charge >= 0.3 is 0 Å². The Morgan fingerprint density at radius 1 is 0.542 bits per heavy atom. The number of carbonyl (C=O) groups is 2. The van der Waals surface area contributed by atoms with E-state index in [1.807, 2.05) is 24.3 Å². The van der Waals surface area contributed by atoms with E-state index in [2.05, 4.69) is 36.4 Å². The zero-order valence-electron chi connectivity index (χ0n) is 12.7. The third kappa shape index (κ3) is 1.83. The van der Waals surface area contributed by atoms with Gasteiger partial charge in [-0.3, -0.25) is 9.59 Å². The molecule has 0 radical (unpaired) electrons. The normalized spacial score (nSPS) is 13.8. The quantitative estimate of drug-likeness (QED) is 0.341. The maximum Gasteiger partial charge on any atom is 0.233 e. The van der Waals surface area contributed by atoms with Crippen LogP contribution in [0, 0.1) is 0 Å². The molecule has 0 heterocycles.